The summed E-state index contributed by atoms with van der Waals surface area (Å²) in [6.45, 7) is 3.70. The zero-order chi connectivity index (χ0) is 27.9. The number of aliphatic hydroxyl groups is 1. The lowest BCUT2D eigenvalue weighted by atomic mass is 9.99. The minimum Gasteiger partial charge on any atom is -0.480 e. The highest BCUT2D eigenvalue weighted by molar-refractivity contribution is 5.86. The van der Waals surface area contributed by atoms with Crippen LogP contribution in [0.15, 0.2) is 0 Å². The first kappa shape index (κ1) is 34.0. The van der Waals surface area contributed by atoms with Crippen LogP contribution in [0.3, 0.4) is 0 Å². The van der Waals surface area contributed by atoms with Crippen LogP contribution in [0.2, 0.25) is 0 Å². The fraction of sp³-hybridized carbons (Fsp3) is 0.700. The first-order chi connectivity index (χ1) is 16.0. The Morgan fingerprint density at radius 2 is 1.31 bits per heavy atom. The molecule has 0 saturated carbocycles. The zero-order valence-corrected chi connectivity index (χ0v) is 19.8. The molecule has 35 heavy (non-hydrogen) atoms. The van der Waals surface area contributed by atoms with E-state index >= 15 is 0 Å². The van der Waals surface area contributed by atoms with E-state index in [0.717, 1.165) is 0 Å². The van der Waals surface area contributed by atoms with Gasteiger partial charge in [-0.1, -0.05) is 13.8 Å². The summed E-state index contributed by atoms with van der Waals surface area (Å²) in [7, 11) is 0. The third-order valence-corrected chi connectivity index (χ3v) is 4.57. The summed E-state index contributed by atoms with van der Waals surface area (Å²) in [6.07, 6.45) is -1.75. The molecule has 15 heteroatoms. The maximum absolute atomic E-state index is 11.4. The van der Waals surface area contributed by atoms with Gasteiger partial charge in [0.05, 0.1) is 12.1 Å². The number of ketones is 1. The zero-order valence-electron chi connectivity index (χ0n) is 19.8. The molecule has 2 amide bonds. The number of amides is 2. The number of carboxylic acid groups (broad SMARTS) is 3. The number of aliphatic carboxylic acids is 3. The number of hydrogen-bond acceptors (Lipinski definition) is 10. The Bertz CT molecular complexity index is 746. The monoisotopic (exact) mass is 507 g/mol. The summed E-state index contributed by atoms with van der Waals surface area (Å²) in [4.78, 5) is 65.0. The number of hydrogen-bond donors (Lipinski definition) is 9. The van der Waals surface area contributed by atoms with Gasteiger partial charge in [0.25, 0.3) is 0 Å². The predicted molar refractivity (Wildman–Crippen MR) is 122 cm³/mol. The molecule has 0 spiro atoms. The standard InChI is InChI=1S/C11H20N2O5.C9H17N3O5/c1-6(2)5-8(11(17)18)13-9(14)4-3-7(12)10(15)16;10-4(1-2-7(11)15)5(13)3-6(14)8(12)9(16)17/h6-8H,3-5,12H2,1-2H3,(H,13,14)(H,15,16)(H,17,18);4,6,8,14H,1-3,10,12H2,(H2,11,15)(H,16,17)/t7-,8-;4-,6+,8-/m00/s1. The Labute approximate surface area is 202 Å². The van der Waals surface area contributed by atoms with Crippen molar-refractivity contribution < 1.29 is 49.2 Å². The van der Waals surface area contributed by atoms with Gasteiger partial charge in [0, 0.05) is 19.3 Å². The normalized spacial score (nSPS) is 14.9. The largest absolute Gasteiger partial charge is 0.480 e. The van der Waals surface area contributed by atoms with Crippen molar-refractivity contribution in [1.29, 1.82) is 0 Å². The number of carboxylic acids is 3. The Hall–Kier alpha value is -3.14. The summed E-state index contributed by atoms with van der Waals surface area (Å²) in [5.74, 6) is -5.20. The number of primary amides is 1. The molecular formula is C20H37N5O10. The number of rotatable bonds is 16. The van der Waals surface area contributed by atoms with Crippen molar-refractivity contribution in [3.63, 3.8) is 0 Å². The molecule has 0 aromatic heterocycles. The maximum Gasteiger partial charge on any atom is 0.326 e. The van der Waals surface area contributed by atoms with Crippen molar-refractivity contribution in [1.82, 2.24) is 5.32 Å². The van der Waals surface area contributed by atoms with E-state index in [2.05, 4.69) is 5.32 Å². The Kier molecular flexibility index (Phi) is 16.8. The van der Waals surface area contributed by atoms with Crippen LogP contribution in [0.4, 0.5) is 0 Å². The van der Waals surface area contributed by atoms with Gasteiger partial charge in [0.2, 0.25) is 11.8 Å². The Balaban J connectivity index is 0. The van der Waals surface area contributed by atoms with E-state index in [1.165, 1.54) is 0 Å². The molecule has 0 aromatic carbocycles. The predicted octanol–water partition coefficient (Wildman–Crippen LogP) is -2.89. The molecule has 0 saturated heterocycles. The average Bonchev–Trinajstić information content (AvgIpc) is 2.74. The summed E-state index contributed by atoms with van der Waals surface area (Å²) >= 11 is 0. The molecule has 0 aliphatic heterocycles. The second-order valence-electron chi connectivity index (χ2n) is 8.28. The first-order valence-corrected chi connectivity index (χ1v) is 10.7. The molecular weight excluding hydrogens is 470 g/mol. The third-order valence-electron chi connectivity index (χ3n) is 4.57. The highest BCUT2D eigenvalue weighted by Crippen LogP contribution is 2.06. The molecule has 15 nitrogen and oxygen atoms in total. The quantitative estimate of drug-likeness (QED) is 0.101. The third kappa shape index (κ3) is 17.0. The van der Waals surface area contributed by atoms with Crippen LogP contribution < -0.4 is 28.3 Å². The van der Waals surface area contributed by atoms with Gasteiger partial charge in [-0.2, -0.15) is 0 Å². The van der Waals surface area contributed by atoms with Crippen LogP contribution in [0, 0.1) is 5.92 Å². The minimum absolute atomic E-state index is 0.0187. The molecule has 0 fully saturated rings. The fourth-order valence-electron chi connectivity index (χ4n) is 2.48. The lowest BCUT2D eigenvalue weighted by Crippen LogP contribution is -2.45. The van der Waals surface area contributed by atoms with Gasteiger partial charge in [-0.3, -0.25) is 24.0 Å². The van der Waals surface area contributed by atoms with E-state index in [1.807, 2.05) is 13.8 Å². The van der Waals surface area contributed by atoms with Crippen LogP contribution in [-0.4, -0.2) is 86.2 Å². The molecule has 0 rings (SSSR count). The van der Waals surface area contributed by atoms with Crippen LogP contribution in [0.25, 0.3) is 0 Å². The lowest BCUT2D eigenvalue weighted by molar-refractivity contribution is -0.143. The van der Waals surface area contributed by atoms with Gasteiger partial charge in [0.15, 0.2) is 5.78 Å². The molecule has 0 bridgehead atoms. The molecule has 0 aromatic rings. The van der Waals surface area contributed by atoms with Crippen LogP contribution >= 0.6 is 0 Å². The lowest BCUT2D eigenvalue weighted by Gasteiger charge is -2.16. The first-order valence-electron chi connectivity index (χ1n) is 10.7. The number of aliphatic hydroxyl groups excluding tert-OH is 1. The van der Waals surface area contributed by atoms with E-state index in [0.29, 0.717) is 6.42 Å². The molecule has 13 N–H and O–H groups in total. The van der Waals surface area contributed by atoms with Crippen molar-refractivity contribution in [3.8, 4) is 0 Å². The van der Waals surface area contributed by atoms with Gasteiger partial charge in [-0.25, -0.2) is 4.79 Å². The summed E-state index contributed by atoms with van der Waals surface area (Å²) in [6, 6.07) is -4.55. The topological polar surface area (TPSA) is 299 Å². The number of Topliss-reactive ketones (excluding diaryl/α,β-unsaturated/α-hetero) is 1. The molecule has 0 unspecified atom stereocenters. The number of carbonyl (C=O) groups is 6. The van der Waals surface area contributed by atoms with Gasteiger partial charge >= 0.3 is 17.9 Å². The van der Waals surface area contributed by atoms with E-state index in [-0.39, 0.29) is 31.6 Å². The second-order valence-corrected chi connectivity index (χ2v) is 8.28. The van der Waals surface area contributed by atoms with Crippen molar-refractivity contribution in [2.45, 2.75) is 82.6 Å². The smallest absolute Gasteiger partial charge is 0.326 e. The highest BCUT2D eigenvalue weighted by Gasteiger charge is 2.26. The average molecular weight is 508 g/mol. The molecule has 202 valence electrons. The highest BCUT2D eigenvalue weighted by atomic mass is 16.4. The fourth-order valence-corrected chi connectivity index (χ4v) is 2.48. The van der Waals surface area contributed by atoms with Crippen LogP contribution in [0.1, 0.15) is 52.4 Å². The Morgan fingerprint density at radius 3 is 1.71 bits per heavy atom. The maximum atomic E-state index is 11.4. The summed E-state index contributed by atoms with van der Waals surface area (Å²) in [5.41, 5.74) is 20.7. The molecule has 0 aliphatic carbocycles. The van der Waals surface area contributed by atoms with E-state index < -0.39 is 72.2 Å². The molecule has 0 aliphatic rings. The van der Waals surface area contributed by atoms with Crippen molar-refractivity contribution >= 4 is 35.5 Å². The van der Waals surface area contributed by atoms with E-state index in [4.69, 9.17) is 38.3 Å². The van der Waals surface area contributed by atoms with Gasteiger partial charge in [-0.05, 0) is 25.2 Å². The number of carbonyl (C=O) groups excluding carboxylic acids is 3. The van der Waals surface area contributed by atoms with Crippen molar-refractivity contribution in [2.75, 3.05) is 0 Å². The van der Waals surface area contributed by atoms with Gasteiger partial charge < -0.3 is 48.7 Å². The summed E-state index contributed by atoms with van der Waals surface area (Å²) < 4.78 is 0. The van der Waals surface area contributed by atoms with Crippen molar-refractivity contribution in [2.24, 2.45) is 28.9 Å². The van der Waals surface area contributed by atoms with Crippen LogP contribution in [0.5, 0.6) is 0 Å². The van der Waals surface area contributed by atoms with Crippen LogP contribution in [-0.2, 0) is 28.8 Å². The molecule has 5 atom stereocenters. The Morgan fingerprint density at radius 1 is 0.800 bits per heavy atom. The number of nitrogens with two attached hydrogens (primary N) is 4. The molecule has 0 radical (unpaired) electrons. The SMILES string of the molecule is CC(C)C[C@H](NC(=O)CC[C@H](N)C(=O)O)C(=O)O.NC(=O)CC[C@H](N)C(=O)C[C@@H](O)[C@H](N)C(=O)O. The van der Waals surface area contributed by atoms with E-state index in [1.54, 1.807) is 0 Å². The second kappa shape index (κ2) is 17.3. The minimum atomic E-state index is -1.54. The van der Waals surface area contributed by atoms with E-state index in [9.17, 15) is 33.9 Å². The van der Waals surface area contributed by atoms with Gasteiger partial charge in [-0.15, -0.1) is 0 Å². The number of nitrogens with one attached hydrogen (secondary N) is 1. The van der Waals surface area contributed by atoms with Gasteiger partial charge in [0.1, 0.15) is 18.1 Å². The summed E-state index contributed by atoms with van der Waals surface area (Å²) in [5, 5.41) is 37.6. The van der Waals surface area contributed by atoms with Crippen molar-refractivity contribution in [3.05, 3.63) is 0 Å². The molecule has 0 heterocycles.